The fraction of sp³-hybridized carbons (Fsp3) is 0.333. The van der Waals surface area contributed by atoms with Crippen LogP contribution >= 0.6 is 15.9 Å². The number of likely N-dealkylation sites (N-methyl/N-ethyl adjacent to an activating group) is 1. The molecule has 3 rings (SSSR count). The number of furan rings is 1. The van der Waals surface area contributed by atoms with Crippen molar-refractivity contribution in [3.05, 3.63) is 46.6 Å². The lowest BCUT2D eigenvalue weighted by Crippen LogP contribution is -2.46. The van der Waals surface area contributed by atoms with Crippen LogP contribution in [0.4, 0.5) is 4.79 Å². The molecule has 0 radical (unpaired) electrons. The van der Waals surface area contributed by atoms with Crippen molar-refractivity contribution in [2.45, 2.75) is 19.5 Å². The molecule has 1 aromatic carbocycles. The Hall–Kier alpha value is -2.12. The van der Waals surface area contributed by atoms with Gasteiger partial charge in [0.2, 0.25) is 5.91 Å². The molecule has 132 valence electrons. The van der Waals surface area contributed by atoms with Gasteiger partial charge in [-0.05, 0) is 38.2 Å². The van der Waals surface area contributed by atoms with E-state index in [1.807, 2.05) is 48.3 Å². The SMILES string of the molecule is C[C@H](C(=O)N1CCNC1=O)N(C)Cc1ccc(-c2ccc(Br)cc2)o1. The second-order valence-electron chi connectivity index (χ2n) is 6.09. The highest BCUT2D eigenvalue weighted by molar-refractivity contribution is 9.10. The van der Waals surface area contributed by atoms with Crippen LogP contribution in [0.25, 0.3) is 11.3 Å². The van der Waals surface area contributed by atoms with Gasteiger partial charge in [-0.25, -0.2) is 4.79 Å². The number of rotatable bonds is 5. The Bertz CT molecular complexity index is 772. The largest absolute Gasteiger partial charge is 0.460 e. The Morgan fingerprint density at radius 2 is 2.04 bits per heavy atom. The monoisotopic (exact) mass is 405 g/mol. The first-order valence-electron chi connectivity index (χ1n) is 8.10. The lowest BCUT2D eigenvalue weighted by molar-refractivity contribution is -0.132. The second-order valence-corrected chi connectivity index (χ2v) is 7.00. The zero-order chi connectivity index (χ0) is 18.0. The number of nitrogens with one attached hydrogen (secondary N) is 1. The molecule has 1 atom stereocenters. The van der Waals surface area contributed by atoms with Crippen LogP contribution in [0.5, 0.6) is 0 Å². The van der Waals surface area contributed by atoms with Crippen molar-refractivity contribution in [1.29, 1.82) is 0 Å². The Balaban J connectivity index is 1.64. The van der Waals surface area contributed by atoms with E-state index in [-0.39, 0.29) is 11.9 Å². The van der Waals surface area contributed by atoms with Gasteiger partial charge in [-0.2, -0.15) is 0 Å². The molecule has 1 fully saturated rings. The molecule has 1 aromatic heterocycles. The fourth-order valence-corrected chi connectivity index (χ4v) is 2.98. The molecule has 3 amide bonds. The number of nitrogens with zero attached hydrogens (tertiary/aromatic N) is 2. The summed E-state index contributed by atoms with van der Waals surface area (Å²) in [7, 11) is 1.85. The Morgan fingerprint density at radius 1 is 1.32 bits per heavy atom. The zero-order valence-electron chi connectivity index (χ0n) is 14.2. The van der Waals surface area contributed by atoms with Crippen LogP contribution in [0.15, 0.2) is 45.3 Å². The van der Waals surface area contributed by atoms with Crippen LogP contribution in [0.1, 0.15) is 12.7 Å². The molecule has 2 aromatic rings. The highest BCUT2D eigenvalue weighted by atomic mass is 79.9. The Labute approximate surface area is 154 Å². The second kappa shape index (κ2) is 7.41. The molecule has 2 heterocycles. The molecule has 6 nitrogen and oxygen atoms in total. The standard InChI is InChI=1S/C18H20BrN3O3/c1-12(17(23)22-10-9-20-18(22)24)21(2)11-15-7-8-16(25-15)13-3-5-14(19)6-4-13/h3-8,12H,9-11H2,1-2H3,(H,20,24)/t12-/m1/s1. The predicted octanol–water partition coefficient (Wildman–Crippen LogP) is 3.08. The number of carbonyl (C=O) groups is 2. The molecular formula is C18H20BrN3O3. The summed E-state index contributed by atoms with van der Waals surface area (Å²) in [6.45, 7) is 3.21. The Kier molecular flexibility index (Phi) is 5.24. The van der Waals surface area contributed by atoms with Crippen LogP contribution in [-0.2, 0) is 11.3 Å². The average molecular weight is 406 g/mol. The van der Waals surface area contributed by atoms with Gasteiger partial charge in [0.25, 0.3) is 0 Å². The van der Waals surface area contributed by atoms with E-state index in [0.717, 1.165) is 21.6 Å². The molecule has 1 saturated heterocycles. The van der Waals surface area contributed by atoms with Gasteiger partial charge in [-0.15, -0.1) is 0 Å². The van der Waals surface area contributed by atoms with Crippen molar-refractivity contribution in [1.82, 2.24) is 15.1 Å². The van der Waals surface area contributed by atoms with E-state index >= 15 is 0 Å². The maximum atomic E-state index is 12.4. The molecule has 0 bridgehead atoms. The van der Waals surface area contributed by atoms with E-state index in [4.69, 9.17) is 4.42 Å². The van der Waals surface area contributed by atoms with E-state index < -0.39 is 6.04 Å². The molecule has 0 unspecified atom stereocenters. The third-order valence-corrected chi connectivity index (χ3v) is 4.87. The topological polar surface area (TPSA) is 65.8 Å². The van der Waals surface area contributed by atoms with Gasteiger partial charge in [0.1, 0.15) is 11.5 Å². The highest BCUT2D eigenvalue weighted by Crippen LogP contribution is 2.24. The van der Waals surface area contributed by atoms with Crippen LogP contribution in [-0.4, -0.2) is 47.9 Å². The summed E-state index contributed by atoms with van der Waals surface area (Å²) in [6.07, 6.45) is 0. The number of urea groups is 1. The summed E-state index contributed by atoms with van der Waals surface area (Å²) in [5.41, 5.74) is 0.995. The molecule has 25 heavy (non-hydrogen) atoms. The minimum atomic E-state index is -0.412. The van der Waals surface area contributed by atoms with E-state index in [1.54, 1.807) is 6.92 Å². The lowest BCUT2D eigenvalue weighted by Gasteiger charge is -2.25. The summed E-state index contributed by atoms with van der Waals surface area (Å²) >= 11 is 3.42. The fourth-order valence-electron chi connectivity index (χ4n) is 2.71. The number of imide groups is 1. The summed E-state index contributed by atoms with van der Waals surface area (Å²) in [6, 6.07) is 11.0. The predicted molar refractivity (Wildman–Crippen MR) is 97.9 cm³/mol. The number of benzene rings is 1. The number of hydrogen-bond acceptors (Lipinski definition) is 4. The van der Waals surface area contributed by atoms with Crippen molar-refractivity contribution in [3.63, 3.8) is 0 Å². The van der Waals surface area contributed by atoms with Gasteiger partial charge >= 0.3 is 6.03 Å². The summed E-state index contributed by atoms with van der Waals surface area (Å²) in [4.78, 5) is 27.2. The smallest absolute Gasteiger partial charge is 0.324 e. The molecule has 0 spiro atoms. The molecule has 1 aliphatic heterocycles. The maximum absolute atomic E-state index is 12.4. The van der Waals surface area contributed by atoms with Crippen LogP contribution in [0, 0.1) is 0 Å². The van der Waals surface area contributed by atoms with E-state index in [2.05, 4.69) is 21.2 Å². The first-order valence-corrected chi connectivity index (χ1v) is 8.89. The molecule has 7 heteroatoms. The zero-order valence-corrected chi connectivity index (χ0v) is 15.7. The van der Waals surface area contributed by atoms with Gasteiger partial charge in [0, 0.05) is 23.1 Å². The quantitative estimate of drug-likeness (QED) is 0.829. The summed E-state index contributed by atoms with van der Waals surface area (Å²) in [5.74, 6) is 1.36. The average Bonchev–Trinajstić information content (AvgIpc) is 3.23. The van der Waals surface area contributed by atoms with Crippen molar-refractivity contribution in [2.75, 3.05) is 20.1 Å². The van der Waals surface area contributed by atoms with Crippen LogP contribution in [0.2, 0.25) is 0 Å². The lowest BCUT2D eigenvalue weighted by atomic mass is 10.2. The first-order chi connectivity index (χ1) is 12.0. The highest BCUT2D eigenvalue weighted by Gasteiger charge is 2.31. The van der Waals surface area contributed by atoms with E-state index in [0.29, 0.717) is 19.6 Å². The minimum absolute atomic E-state index is 0.197. The normalized spacial score (nSPS) is 15.5. The maximum Gasteiger partial charge on any atom is 0.324 e. The molecular weight excluding hydrogens is 386 g/mol. The molecule has 0 saturated carbocycles. The van der Waals surface area contributed by atoms with Crippen molar-refractivity contribution in [3.8, 4) is 11.3 Å². The first kappa shape index (κ1) is 17.7. The van der Waals surface area contributed by atoms with Crippen molar-refractivity contribution in [2.24, 2.45) is 0 Å². The summed E-state index contributed by atoms with van der Waals surface area (Å²) in [5, 5.41) is 2.65. The number of amides is 3. The van der Waals surface area contributed by atoms with Gasteiger partial charge in [0.05, 0.1) is 12.6 Å². The number of halogens is 1. The summed E-state index contributed by atoms with van der Waals surface area (Å²) < 4.78 is 6.91. The minimum Gasteiger partial charge on any atom is -0.460 e. The van der Waals surface area contributed by atoms with Gasteiger partial charge in [-0.1, -0.05) is 28.1 Å². The van der Waals surface area contributed by atoms with Crippen molar-refractivity contribution >= 4 is 27.9 Å². The number of hydrogen-bond donors (Lipinski definition) is 1. The third-order valence-electron chi connectivity index (χ3n) is 4.34. The molecule has 1 aliphatic rings. The van der Waals surface area contributed by atoms with Crippen LogP contribution < -0.4 is 5.32 Å². The molecule has 1 N–H and O–H groups in total. The van der Waals surface area contributed by atoms with E-state index in [1.165, 1.54) is 4.90 Å². The van der Waals surface area contributed by atoms with Crippen LogP contribution in [0.3, 0.4) is 0 Å². The van der Waals surface area contributed by atoms with E-state index in [9.17, 15) is 9.59 Å². The molecule has 0 aliphatic carbocycles. The van der Waals surface area contributed by atoms with Gasteiger partial charge < -0.3 is 9.73 Å². The third kappa shape index (κ3) is 3.93. The van der Waals surface area contributed by atoms with Gasteiger partial charge in [-0.3, -0.25) is 14.6 Å². The van der Waals surface area contributed by atoms with Gasteiger partial charge in [0.15, 0.2) is 0 Å². The number of carbonyl (C=O) groups excluding carboxylic acids is 2. The van der Waals surface area contributed by atoms with Crippen molar-refractivity contribution < 1.29 is 14.0 Å². The Morgan fingerprint density at radius 3 is 2.68 bits per heavy atom.